The molecule has 0 fully saturated rings. The first-order valence-electron chi connectivity index (χ1n) is 28.2. The third-order valence-electron chi connectivity index (χ3n) is 16.1. The van der Waals surface area contributed by atoms with Crippen molar-refractivity contribution >= 4 is 89.4 Å². The van der Waals surface area contributed by atoms with Gasteiger partial charge >= 0.3 is 0 Å². The van der Waals surface area contributed by atoms with Gasteiger partial charge < -0.3 is 4.57 Å². The van der Waals surface area contributed by atoms with E-state index >= 15 is 9.59 Å². The number of fused-ring (bicyclic) bond motifs is 5. The van der Waals surface area contributed by atoms with Gasteiger partial charge in [-0.3, -0.25) is 29.0 Å². The minimum absolute atomic E-state index is 0.199. The van der Waals surface area contributed by atoms with Gasteiger partial charge in [0.2, 0.25) is 0 Å². The average Bonchev–Trinajstić information content (AvgIpc) is 4.22. The van der Waals surface area contributed by atoms with Crippen LogP contribution in [0.3, 0.4) is 0 Å². The number of hydrogen-bond acceptors (Lipinski definition) is 8. The lowest BCUT2D eigenvalue weighted by Gasteiger charge is -2.29. The second kappa shape index (κ2) is 24.0. The van der Waals surface area contributed by atoms with E-state index in [9.17, 15) is 9.59 Å². The molecular weight excluding hydrogens is 955 g/mol. The monoisotopic (exact) mass is 1040 g/mol. The molecule has 0 spiro atoms. The topological polar surface area (TPSA) is 79.7 Å². The van der Waals surface area contributed by atoms with E-state index in [2.05, 4.69) is 107 Å². The van der Waals surface area contributed by atoms with Crippen molar-refractivity contribution in [3.63, 3.8) is 0 Å². The molecule has 390 valence electrons. The van der Waals surface area contributed by atoms with Gasteiger partial charge in [0, 0.05) is 33.8 Å². The second-order valence-corrected chi connectivity index (χ2v) is 26.9. The van der Waals surface area contributed by atoms with Crippen molar-refractivity contribution in [2.75, 3.05) is 13.1 Å². The first-order valence-corrected chi connectivity index (χ1v) is 31.4. The maximum atomic E-state index is 15.3. The summed E-state index contributed by atoms with van der Waals surface area (Å²) in [5, 5.41) is 0. The molecule has 0 saturated carbocycles. The Bertz CT molecular complexity index is 2650. The van der Waals surface area contributed by atoms with Crippen LogP contribution in [0.15, 0.2) is 12.1 Å². The molecule has 7 rings (SSSR count). The van der Waals surface area contributed by atoms with Crippen LogP contribution < -0.4 is 0 Å². The molecule has 11 heteroatoms. The third-order valence-corrected chi connectivity index (χ3v) is 22.0. The summed E-state index contributed by atoms with van der Waals surface area (Å²) in [4.78, 5) is 68.6. The summed E-state index contributed by atoms with van der Waals surface area (Å²) >= 11 is 6.68. The number of carbonyl (C=O) groups excluding carboxylic acids is 4. The molecule has 7 heterocycles. The Labute approximate surface area is 443 Å². The van der Waals surface area contributed by atoms with Gasteiger partial charge in [0.1, 0.15) is 0 Å². The fourth-order valence-electron chi connectivity index (χ4n) is 11.5. The molecule has 0 saturated heterocycles. The van der Waals surface area contributed by atoms with Crippen molar-refractivity contribution in [3.05, 3.63) is 44.1 Å². The van der Waals surface area contributed by atoms with Crippen molar-refractivity contribution in [2.24, 2.45) is 23.7 Å². The van der Waals surface area contributed by atoms with Crippen LogP contribution in [0.2, 0.25) is 0 Å². The Morgan fingerprint density at radius 1 is 0.493 bits per heavy atom. The lowest BCUT2D eigenvalue weighted by atomic mass is 9.85. The van der Waals surface area contributed by atoms with E-state index < -0.39 is 5.41 Å². The molecule has 2 aliphatic rings. The Hall–Kier alpha value is -3.12. The van der Waals surface area contributed by atoms with E-state index in [1.807, 2.05) is 11.3 Å². The van der Waals surface area contributed by atoms with Crippen LogP contribution >= 0.6 is 45.3 Å². The van der Waals surface area contributed by atoms with Gasteiger partial charge in [-0.15, -0.1) is 45.3 Å². The number of hydrogen-bond donors (Lipinski definition) is 0. The number of thiophene rings is 4. The maximum Gasteiger partial charge on any atom is 0.263 e. The van der Waals surface area contributed by atoms with Gasteiger partial charge in [-0.05, 0) is 72.8 Å². The fraction of sp³-hybridized carbons (Fsp3) is 0.667. The molecule has 7 nitrogen and oxygen atoms in total. The highest BCUT2D eigenvalue weighted by atomic mass is 32.1. The SMILES string of the molecule is CCCCC(CC)CC(CC(CC)CCCC)n1c2cc(-c3sc(-c4sc(C(C)(C)C)c5c4C(=O)N(CC(CC)CCCC)C5=O)c4c3C(=O)N(CC(CC)CCCC)C4=O)sc2c2sc(C(C)C)cc21. The number of carbonyl (C=O) groups is 4. The summed E-state index contributed by atoms with van der Waals surface area (Å²) in [6.45, 7) is 29.7. The van der Waals surface area contributed by atoms with Crippen LogP contribution in [0, 0.1) is 23.7 Å². The Kier molecular flexibility index (Phi) is 18.8. The molecule has 2 aliphatic heterocycles. The molecular formula is C60H87N3O4S4. The number of nitrogens with zero attached hydrogens (tertiary/aromatic N) is 3. The zero-order chi connectivity index (χ0) is 51.5. The van der Waals surface area contributed by atoms with Gasteiger partial charge in [0.15, 0.2) is 0 Å². The first-order chi connectivity index (χ1) is 34.0. The molecule has 5 aromatic rings. The van der Waals surface area contributed by atoms with Crippen LogP contribution in [0.5, 0.6) is 0 Å². The fourth-order valence-corrected chi connectivity index (χ4v) is 16.9. The highest BCUT2D eigenvalue weighted by Crippen LogP contribution is 2.56. The van der Waals surface area contributed by atoms with Gasteiger partial charge in [-0.1, -0.05) is 180 Å². The molecule has 0 radical (unpaired) electrons. The summed E-state index contributed by atoms with van der Waals surface area (Å²) in [5.41, 5.74) is 3.96. The number of amides is 4. The molecule has 4 unspecified atom stereocenters. The van der Waals surface area contributed by atoms with Gasteiger partial charge in [-0.2, -0.15) is 0 Å². The molecule has 0 aliphatic carbocycles. The summed E-state index contributed by atoms with van der Waals surface area (Å²) in [5.74, 6) is 1.12. The lowest BCUT2D eigenvalue weighted by Crippen LogP contribution is -2.35. The van der Waals surface area contributed by atoms with Gasteiger partial charge in [0.05, 0.1) is 57.3 Å². The normalized spacial score (nSPS) is 16.4. The minimum atomic E-state index is -0.434. The predicted octanol–water partition coefficient (Wildman–Crippen LogP) is 19.2. The average molecular weight is 1040 g/mol. The summed E-state index contributed by atoms with van der Waals surface area (Å²) in [7, 11) is 0. The van der Waals surface area contributed by atoms with Crippen LogP contribution in [0.1, 0.15) is 269 Å². The number of rotatable bonds is 28. The van der Waals surface area contributed by atoms with Gasteiger partial charge in [0.25, 0.3) is 23.6 Å². The Morgan fingerprint density at radius 3 is 1.35 bits per heavy atom. The van der Waals surface area contributed by atoms with Crippen LogP contribution in [-0.4, -0.2) is 51.1 Å². The molecule has 71 heavy (non-hydrogen) atoms. The number of aromatic nitrogens is 1. The zero-order valence-electron chi connectivity index (χ0n) is 45.9. The van der Waals surface area contributed by atoms with E-state index in [4.69, 9.17) is 0 Å². The smallest absolute Gasteiger partial charge is 0.263 e. The van der Waals surface area contributed by atoms with Crippen molar-refractivity contribution in [1.82, 2.24) is 14.4 Å². The first kappa shape index (κ1) is 55.6. The largest absolute Gasteiger partial charge is 0.336 e. The van der Waals surface area contributed by atoms with Crippen molar-refractivity contribution < 1.29 is 19.2 Å². The summed E-state index contributed by atoms with van der Waals surface area (Å²) in [6.07, 6.45) is 20.0. The summed E-state index contributed by atoms with van der Waals surface area (Å²) in [6, 6.07) is 5.17. The van der Waals surface area contributed by atoms with E-state index in [1.54, 1.807) is 11.3 Å². The van der Waals surface area contributed by atoms with Crippen molar-refractivity contribution in [3.8, 4) is 19.5 Å². The lowest BCUT2D eigenvalue weighted by molar-refractivity contribution is 0.0608. The number of unbranched alkanes of at least 4 members (excludes halogenated alkanes) is 4. The Balaban J connectivity index is 1.46. The van der Waals surface area contributed by atoms with E-state index in [0.29, 0.717) is 68.9 Å². The molecule has 4 amide bonds. The van der Waals surface area contributed by atoms with Crippen LogP contribution in [-0.2, 0) is 5.41 Å². The molecule has 4 atom stereocenters. The van der Waals surface area contributed by atoms with Crippen LogP contribution in [0.4, 0.5) is 0 Å². The third kappa shape index (κ3) is 11.2. The van der Waals surface area contributed by atoms with Crippen molar-refractivity contribution in [1.29, 1.82) is 0 Å². The summed E-state index contributed by atoms with van der Waals surface area (Å²) < 4.78 is 5.32. The van der Waals surface area contributed by atoms with Crippen molar-refractivity contribution in [2.45, 2.75) is 223 Å². The highest BCUT2D eigenvalue weighted by Gasteiger charge is 2.49. The second-order valence-electron chi connectivity index (χ2n) is 22.7. The minimum Gasteiger partial charge on any atom is -0.336 e. The quantitative estimate of drug-likeness (QED) is 0.0468. The predicted molar refractivity (Wildman–Crippen MR) is 307 cm³/mol. The maximum absolute atomic E-state index is 15.3. The standard InChI is InChI=1S/C60H87N3O4S4/c1-14-22-26-37(18-5)30-41(31-38(19-6)27-23-15-2)63-42-32-44(36(9)10)68-50(42)51-43(63)33-45(69-51)52-46-47(57(65)61(56(46)64)34-39(20-7)28-24-16-3)53(70-52)54-48-49(55(71-54)60(11,12)13)59(67)62(58(48)66)35-40(21-8)29-25-17-4/h32-33,36-41H,14-31,34-35H2,1-13H3. The zero-order valence-corrected chi connectivity index (χ0v) is 49.1. The van der Waals surface area contributed by atoms with E-state index in [-0.39, 0.29) is 35.5 Å². The van der Waals surface area contributed by atoms with Crippen LogP contribution in [0.25, 0.3) is 39.9 Å². The molecule has 0 aromatic carbocycles. The molecule has 5 aromatic heterocycles. The molecule has 0 bridgehead atoms. The number of imide groups is 2. The Morgan fingerprint density at radius 2 is 0.901 bits per heavy atom. The molecule has 0 N–H and O–H groups in total. The van der Waals surface area contributed by atoms with E-state index in [1.165, 1.54) is 109 Å². The van der Waals surface area contributed by atoms with Gasteiger partial charge in [-0.25, -0.2) is 0 Å². The highest BCUT2D eigenvalue weighted by molar-refractivity contribution is 7.32. The van der Waals surface area contributed by atoms with E-state index in [0.717, 1.165) is 78.8 Å².